The predicted molar refractivity (Wildman–Crippen MR) is 47.6 cm³/mol. The number of rotatable bonds is 2. The second kappa shape index (κ2) is 4.21. The van der Waals surface area contributed by atoms with Gasteiger partial charge in [0.05, 0.1) is 6.61 Å². The van der Waals surface area contributed by atoms with Crippen LogP contribution in [0.25, 0.3) is 0 Å². The van der Waals surface area contributed by atoms with E-state index < -0.39 is 12.8 Å². The van der Waals surface area contributed by atoms with Crippen LogP contribution in [0.15, 0.2) is 35.5 Å². The molecule has 0 saturated heterocycles. The van der Waals surface area contributed by atoms with Crippen LogP contribution in [0, 0.1) is 0 Å². The Kier molecular flexibility index (Phi) is 3.23. The summed E-state index contributed by atoms with van der Waals surface area (Å²) < 4.78 is 13.1. The van der Waals surface area contributed by atoms with Crippen LogP contribution in [-0.4, -0.2) is 17.9 Å². The molecule has 0 amide bonds. The number of hydrogen-bond donors (Lipinski definition) is 1. The molecule has 0 spiro atoms. The highest BCUT2D eigenvalue weighted by Gasteiger charge is 2.11. The minimum Gasteiger partial charge on any atom is -0.393 e. The molecule has 1 aliphatic carbocycles. The zero-order valence-corrected chi connectivity index (χ0v) is 7.13. The summed E-state index contributed by atoms with van der Waals surface area (Å²) >= 11 is 0. The van der Waals surface area contributed by atoms with Gasteiger partial charge in [-0.3, -0.25) is 0 Å². The lowest BCUT2D eigenvalue weighted by Gasteiger charge is -2.07. The van der Waals surface area contributed by atoms with Crippen molar-refractivity contribution in [2.45, 2.75) is 19.5 Å². The standard InChI is InChI=1S/C10H13FO/c1-8-5-3-2-4-6-9(8)10(11)7-12/h3-6,10,12H,2,7H2,1H3. The van der Waals surface area contributed by atoms with Gasteiger partial charge in [-0.1, -0.05) is 24.3 Å². The van der Waals surface area contributed by atoms with Crippen molar-refractivity contribution < 1.29 is 9.50 Å². The fourth-order valence-corrected chi connectivity index (χ4v) is 1.20. The molecule has 0 aliphatic heterocycles. The van der Waals surface area contributed by atoms with E-state index in [0.29, 0.717) is 5.57 Å². The fraction of sp³-hybridized carbons (Fsp3) is 0.400. The second-order valence-corrected chi connectivity index (χ2v) is 2.83. The molecule has 0 aromatic heterocycles. The van der Waals surface area contributed by atoms with Crippen molar-refractivity contribution >= 4 is 0 Å². The molecule has 12 heavy (non-hydrogen) atoms. The van der Waals surface area contributed by atoms with Gasteiger partial charge in [0.1, 0.15) is 6.17 Å². The van der Waals surface area contributed by atoms with E-state index in [0.717, 1.165) is 12.0 Å². The highest BCUT2D eigenvalue weighted by molar-refractivity contribution is 5.37. The van der Waals surface area contributed by atoms with Crippen LogP contribution in [0.2, 0.25) is 0 Å². The Labute approximate surface area is 71.9 Å². The topological polar surface area (TPSA) is 20.2 Å². The lowest BCUT2D eigenvalue weighted by atomic mass is 10.1. The average molecular weight is 168 g/mol. The molecule has 0 aromatic carbocycles. The van der Waals surface area contributed by atoms with Gasteiger partial charge in [0.2, 0.25) is 0 Å². The van der Waals surface area contributed by atoms with Gasteiger partial charge in [-0.05, 0) is 24.5 Å². The number of aliphatic hydroxyl groups is 1. The van der Waals surface area contributed by atoms with E-state index in [4.69, 9.17) is 5.11 Å². The fourth-order valence-electron chi connectivity index (χ4n) is 1.20. The molecule has 1 unspecified atom stereocenters. The molecule has 2 heteroatoms. The summed E-state index contributed by atoms with van der Waals surface area (Å²) in [6.45, 7) is 1.41. The van der Waals surface area contributed by atoms with Crippen molar-refractivity contribution in [1.82, 2.24) is 0 Å². The van der Waals surface area contributed by atoms with E-state index in [1.807, 2.05) is 25.2 Å². The first-order valence-corrected chi connectivity index (χ1v) is 4.04. The number of halogens is 1. The molecule has 1 nitrogen and oxygen atoms in total. The van der Waals surface area contributed by atoms with Crippen molar-refractivity contribution in [1.29, 1.82) is 0 Å². The first-order valence-electron chi connectivity index (χ1n) is 4.04. The molecule has 0 heterocycles. The Morgan fingerprint density at radius 2 is 2.17 bits per heavy atom. The van der Waals surface area contributed by atoms with Gasteiger partial charge in [0.25, 0.3) is 0 Å². The van der Waals surface area contributed by atoms with Gasteiger partial charge >= 0.3 is 0 Å². The lowest BCUT2D eigenvalue weighted by Crippen LogP contribution is -2.09. The molecule has 66 valence electrons. The zero-order valence-electron chi connectivity index (χ0n) is 7.13. The summed E-state index contributed by atoms with van der Waals surface area (Å²) in [6, 6.07) is 0. The van der Waals surface area contributed by atoms with Crippen LogP contribution in [0.5, 0.6) is 0 Å². The summed E-state index contributed by atoms with van der Waals surface area (Å²) in [5, 5.41) is 8.63. The minimum absolute atomic E-state index is 0.440. The Balaban J connectivity index is 2.90. The van der Waals surface area contributed by atoms with E-state index in [9.17, 15) is 4.39 Å². The second-order valence-electron chi connectivity index (χ2n) is 2.83. The van der Waals surface area contributed by atoms with Gasteiger partial charge in [0, 0.05) is 0 Å². The average Bonchev–Trinajstić information content (AvgIpc) is 2.28. The molecule has 0 fully saturated rings. The van der Waals surface area contributed by atoms with Gasteiger partial charge in [-0.2, -0.15) is 0 Å². The van der Waals surface area contributed by atoms with Crippen LogP contribution < -0.4 is 0 Å². The normalized spacial score (nSPS) is 19.6. The van der Waals surface area contributed by atoms with E-state index in [-0.39, 0.29) is 0 Å². The monoisotopic (exact) mass is 168 g/mol. The SMILES string of the molecule is CC1=C(C(F)CO)C=CCC=C1. The number of alkyl halides is 1. The third-order valence-corrected chi connectivity index (χ3v) is 1.89. The third kappa shape index (κ3) is 2.05. The molecule has 0 saturated carbocycles. The highest BCUT2D eigenvalue weighted by Crippen LogP contribution is 2.17. The van der Waals surface area contributed by atoms with Crippen molar-refractivity contribution in [2.24, 2.45) is 0 Å². The van der Waals surface area contributed by atoms with Crippen molar-refractivity contribution in [2.75, 3.05) is 6.61 Å². The van der Waals surface area contributed by atoms with Crippen LogP contribution in [-0.2, 0) is 0 Å². The summed E-state index contributed by atoms with van der Waals surface area (Å²) in [7, 11) is 0. The van der Waals surface area contributed by atoms with Crippen molar-refractivity contribution in [3.63, 3.8) is 0 Å². The predicted octanol–water partition coefficient (Wildman–Crippen LogP) is 2.15. The van der Waals surface area contributed by atoms with Gasteiger partial charge in [0.15, 0.2) is 0 Å². The molecule has 0 radical (unpaired) electrons. The van der Waals surface area contributed by atoms with Crippen LogP contribution in [0.4, 0.5) is 4.39 Å². The van der Waals surface area contributed by atoms with Gasteiger partial charge < -0.3 is 5.11 Å². The molecule has 1 atom stereocenters. The molecule has 0 bridgehead atoms. The Morgan fingerprint density at radius 1 is 1.50 bits per heavy atom. The minimum atomic E-state index is -1.25. The van der Waals surface area contributed by atoms with Crippen LogP contribution in [0.1, 0.15) is 13.3 Å². The summed E-state index contributed by atoms with van der Waals surface area (Å²) in [5.41, 5.74) is 1.48. The van der Waals surface area contributed by atoms with E-state index >= 15 is 0 Å². The van der Waals surface area contributed by atoms with Crippen LogP contribution >= 0.6 is 0 Å². The molecule has 1 N–H and O–H groups in total. The van der Waals surface area contributed by atoms with Crippen molar-refractivity contribution in [3.8, 4) is 0 Å². The Hall–Kier alpha value is -0.890. The smallest absolute Gasteiger partial charge is 0.148 e. The summed E-state index contributed by atoms with van der Waals surface area (Å²) in [6.07, 6.45) is 7.09. The summed E-state index contributed by atoms with van der Waals surface area (Å²) in [4.78, 5) is 0. The largest absolute Gasteiger partial charge is 0.393 e. The first kappa shape index (κ1) is 9.20. The van der Waals surface area contributed by atoms with E-state index in [2.05, 4.69) is 0 Å². The maximum absolute atomic E-state index is 13.1. The number of allylic oxidation sites excluding steroid dienone is 5. The van der Waals surface area contributed by atoms with Gasteiger partial charge in [-0.15, -0.1) is 0 Å². The third-order valence-electron chi connectivity index (χ3n) is 1.89. The zero-order chi connectivity index (χ0) is 8.97. The maximum atomic E-state index is 13.1. The van der Waals surface area contributed by atoms with E-state index in [1.54, 1.807) is 6.08 Å². The Morgan fingerprint density at radius 3 is 2.83 bits per heavy atom. The number of aliphatic hydroxyl groups excluding tert-OH is 1. The molecule has 1 rings (SSSR count). The maximum Gasteiger partial charge on any atom is 0.148 e. The van der Waals surface area contributed by atoms with E-state index in [1.165, 1.54) is 0 Å². The Bertz CT molecular complexity index is 238. The quantitative estimate of drug-likeness (QED) is 0.669. The van der Waals surface area contributed by atoms with Gasteiger partial charge in [-0.25, -0.2) is 4.39 Å². The lowest BCUT2D eigenvalue weighted by molar-refractivity contribution is 0.203. The summed E-state index contributed by atoms with van der Waals surface area (Å²) in [5.74, 6) is 0. The number of hydrogen-bond acceptors (Lipinski definition) is 1. The molecular weight excluding hydrogens is 155 g/mol. The molecule has 1 aliphatic rings. The molecular formula is C10H13FO. The molecule has 0 aromatic rings. The van der Waals surface area contributed by atoms with Crippen LogP contribution in [0.3, 0.4) is 0 Å². The first-order chi connectivity index (χ1) is 5.75. The van der Waals surface area contributed by atoms with Crippen molar-refractivity contribution in [3.05, 3.63) is 35.5 Å². The highest BCUT2D eigenvalue weighted by atomic mass is 19.1.